The fraction of sp³-hybridized carbons (Fsp3) is 0.462. The van der Waals surface area contributed by atoms with E-state index in [1.54, 1.807) is 12.1 Å². The molecule has 7 heteroatoms. The van der Waals surface area contributed by atoms with Crippen LogP contribution in [0.4, 0.5) is 10.1 Å². The van der Waals surface area contributed by atoms with Crippen molar-refractivity contribution in [2.75, 3.05) is 18.0 Å². The van der Waals surface area contributed by atoms with Crippen molar-refractivity contribution in [2.45, 2.75) is 19.4 Å². The van der Waals surface area contributed by atoms with Crippen molar-refractivity contribution < 1.29 is 14.7 Å². The van der Waals surface area contributed by atoms with Crippen molar-refractivity contribution in [3.63, 3.8) is 0 Å². The molecule has 1 aliphatic rings. The van der Waals surface area contributed by atoms with E-state index in [1.807, 2.05) is 11.8 Å². The number of hydrogen-bond donors (Lipinski definition) is 3. The van der Waals surface area contributed by atoms with E-state index in [1.165, 1.54) is 0 Å². The van der Waals surface area contributed by atoms with E-state index >= 15 is 0 Å². The second-order valence-electron chi connectivity index (χ2n) is 5.02. The summed E-state index contributed by atoms with van der Waals surface area (Å²) in [5.41, 5.74) is 6.24. The molecule has 1 aliphatic heterocycles. The molecule has 1 aromatic rings. The van der Waals surface area contributed by atoms with E-state index in [9.17, 15) is 9.50 Å². The number of nitrogens with two attached hydrogens (primary N) is 1. The fourth-order valence-electron chi connectivity index (χ4n) is 2.39. The molecule has 0 aliphatic carbocycles. The Labute approximate surface area is 125 Å². The van der Waals surface area contributed by atoms with Crippen LogP contribution in [0.15, 0.2) is 21.8 Å². The molecule has 0 saturated carbocycles. The number of nitrogens with zero attached hydrogens (tertiary/aromatic N) is 2. The summed E-state index contributed by atoms with van der Waals surface area (Å²) >= 11 is 3.14. The summed E-state index contributed by atoms with van der Waals surface area (Å²) in [7, 11) is 0. The summed E-state index contributed by atoms with van der Waals surface area (Å²) < 4.78 is 14.6. The van der Waals surface area contributed by atoms with Crippen LogP contribution in [0.2, 0.25) is 0 Å². The predicted octanol–water partition coefficient (Wildman–Crippen LogP) is 1.89. The van der Waals surface area contributed by atoms with Gasteiger partial charge in [0.15, 0.2) is 11.7 Å². The Morgan fingerprint density at radius 2 is 2.25 bits per heavy atom. The summed E-state index contributed by atoms with van der Waals surface area (Å²) in [4.78, 5) is 1.90. The zero-order chi connectivity index (χ0) is 14.9. The highest BCUT2D eigenvalue weighted by Gasteiger charge is 2.27. The number of aliphatic hydroxyl groups excluding tert-OH is 1. The Hall–Kier alpha value is -1.34. The maximum Gasteiger partial charge on any atom is 0.171 e. The van der Waals surface area contributed by atoms with Crippen molar-refractivity contribution >= 4 is 27.5 Å². The van der Waals surface area contributed by atoms with Gasteiger partial charge in [-0.3, -0.25) is 0 Å². The lowest BCUT2D eigenvalue weighted by Crippen LogP contribution is -2.42. The summed E-state index contributed by atoms with van der Waals surface area (Å²) in [6.07, 6.45) is 0.273. The molecule has 20 heavy (non-hydrogen) atoms. The van der Waals surface area contributed by atoms with Gasteiger partial charge in [-0.25, -0.2) is 4.39 Å². The first kappa shape index (κ1) is 15.1. The third-order valence-corrected chi connectivity index (χ3v) is 4.42. The molecule has 1 fully saturated rings. The number of benzene rings is 1. The van der Waals surface area contributed by atoms with Gasteiger partial charge in [0, 0.05) is 18.7 Å². The highest BCUT2D eigenvalue weighted by Crippen LogP contribution is 2.32. The van der Waals surface area contributed by atoms with Crippen LogP contribution in [-0.2, 0) is 0 Å². The van der Waals surface area contributed by atoms with Gasteiger partial charge in [-0.2, -0.15) is 0 Å². The minimum absolute atomic E-state index is 0.0886. The van der Waals surface area contributed by atoms with Crippen LogP contribution in [0, 0.1) is 11.7 Å². The minimum atomic E-state index is -0.447. The average Bonchev–Trinajstić information content (AvgIpc) is 2.44. The van der Waals surface area contributed by atoms with Crippen molar-refractivity contribution in [1.82, 2.24) is 0 Å². The highest BCUT2D eigenvalue weighted by atomic mass is 79.9. The van der Waals surface area contributed by atoms with Gasteiger partial charge in [0.1, 0.15) is 0 Å². The molecule has 0 spiro atoms. The number of amidine groups is 1. The number of hydrogen-bond acceptors (Lipinski definition) is 4. The summed E-state index contributed by atoms with van der Waals surface area (Å²) in [5.74, 6) is -0.506. The molecule has 2 unspecified atom stereocenters. The van der Waals surface area contributed by atoms with Crippen molar-refractivity contribution in [3.05, 3.63) is 28.0 Å². The SMILES string of the molecule is CC1CN(c2ccc(/C(N)=N/O)c(Br)c2F)CCC1O. The van der Waals surface area contributed by atoms with E-state index in [-0.39, 0.29) is 22.3 Å². The van der Waals surface area contributed by atoms with Crippen molar-refractivity contribution in [1.29, 1.82) is 0 Å². The lowest BCUT2D eigenvalue weighted by atomic mass is 9.96. The first-order valence-corrected chi connectivity index (χ1v) is 7.14. The van der Waals surface area contributed by atoms with E-state index in [0.29, 0.717) is 30.8 Å². The molecule has 0 aromatic heterocycles. The van der Waals surface area contributed by atoms with Gasteiger partial charge in [0.05, 0.1) is 16.3 Å². The van der Waals surface area contributed by atoms with Crippen molar-refractivity contribution in [3.8, 4) is 0 Å². The Morgan fingerprint density at radius 3 is 2.85 bits per heavy atom. The van der Waals surface area contributed by atoms with Crippen LogP contribution in [0.3, 0.4) is 0 Å². The third kappa shape index (κ3) is 2.73. The Kier molecular flexibility index (Phi) is 4.49. The molecule has 5 nitrogen and oxygen atoms in total. The molecule has 4 N–H and O–H groups in total. The second-order valence-corrected chi connectivity index (χ2v) is 5.82. The number of oxime groups is 1. The summed E-state index contributed by atoms with van der Waals surface area (Å²) in [6, 6.07) is 3.21. The number of aliphatic hydroxyl groups is 1. The number of rotatable bonds is 2. The second kappa shape index (κ2) is 5.97. The highest BCUT2D eigenvalue weighted by molar-refractivity contribution is 9.10. The first-order chi connectivity index (χ1) is 9.45. The van der Waals surface area contributed by atoms with E-state index in [0.717, 1.165) is 0 Å². The van der Waals surface area contributed by atoms with Gasteiger partial charge >= 0.3 is 0 Å². The zero-order valence-corrected chi connectivity index (χ0v) is 12.6. The number of piperidine rings is 1. The number of halogens is 2. The van der Waals surface area contributed by atoms with Gasteiger partial charge in [-0.1, -0.05) is 12.1 Å². The van der Waals surface area contributed by atoms with E-state index < -0.39 is 5.82 Å². The summed E-state index contributed by atoms with van der Waals surface area (Å²) in [6.45, 7) is 3.12. The van der Waals surface area contributed by atoms with Gasteiger partial charge in [-0.05, 0) is 40.4 Å². The Morgan fingerprint density at radius 1 is 1.55 bits per heavy atom. The molecule has 1 aromatic carbocycles. The fourth-order valence-corrected chi connectivity index (χ4v) is 2.93. The van der Waals surface area contributed by atoms with Gasteiger partial charge in [-0.15, -0.1) is 0 Å². The first-order valence-electron chi connectivity index (χ1n) is 6.34. The largest absolute Gasteiger partial charge is 0.409 e. The molecular formula is C13H17BrFN3O2. The quantitative estimate of drug-likeness (QED) is 0.331. The molecule has 0 bridgehead atoms. The molecule has 0 amide bonds. The van der Waals surface area contributed by atoms with Crippen molar-refractivity contribution in [2.24, 2.45) is 16.8 Å². The molecule has 2 rings (SSSR count). The topological polar surface area (TPSA) is 82.1 Å². The Balaban J connectivity index is 2.33. The summed E-state index contributed by atoms with van der Waals surface area (Å²) in [5, 5.41) is 21.3. The molecule has 1 saturated heterocycles. The number of anilines is 1. The van der Waals surface area contributed by atoms with E-state index in [4.69, 9.17) is 10.9 Å². The molecule has 110 valence electrons. The standard InChI is InChI=1S/C13H17BrFN3O2/c1-7-6-18(5-4-10(7)19)9-3-2-8(13(16)17-20)11(14)12(9)15/h2-3,7,10,19-20H,4-6H2,1H3,(H2,16,17). The van der Waals surface area contributed by atoms with Gasteiger partial charge in [0.2, 0.25) is 0 Å². The van der Waals surface area contributed by atoms with Crippen LogP contribution in [0.1, 0.15) is 18.9 Å². The van der Waals surface area contributed by atoms with Gasteiger partial charge < -0.3 is 20.9 Å². The zero-order valence-electron chi connectivity index (χ0n) is 11.1. The minimum Gasteiger partial charge on any atom is -0.409 e. The van der Waals surface area contributed by atoms with Crippen LogP contribution in [0.25, 0.3) is 0 Å². The lowest BCUT2D eigenvalue weighted by Gasteiger charge is -2.36. The third-order valence-electron chi connectivity index (χ3n) is 3.65. The maximum absolute atomic E-state index is 14.4. The van der Waals surface area contributed by atoms with Gasteiger partial charge in [0.25, 0.3) is 0 Å². The lowest BCUT2D eigenvalue weighted by molar-refractivity contribution is 0.0969. The molecule has 2 atom stereocenters. The maximum atomic E-state index is 14.4. The van der Waals surface area contributed by atoms with E-state index in [2.05, 4.69) is 21.1 Å². The molecule has 1 heterocycles. The average molecular weight is 346 g/mol. The monoisotopic (exact) mass is 345 g/mol. The predicted molar refractivity (Wildman–Crippen MR) is 78.6 cm³/mol. The van der Waals surface area contributed by atoms with Crippen LogP contribution in [0.5, 0.6) is 0 Å². The normalized spacial score (nSPS) is 24.0. The van der Waals surface area contributed by atoms with Crippen LogP contribution in [-0.4, -0.2) is 35.3 Å². The van der Waals surface area contributed by atoms with Crippen LogP contribution >= 0.6 is 15.9 Å². The molecule has 0 radical (unpaired) electrons. The molecular weight excluding hydrogens is 329 g/mol. The van der Waals surface area contributed by atoms with Crippen LogP contribution < -0.4 is 10.6 Å². The smallest absolute Gasteiger partial charge is 0.171 e. The Bertz CT molecular complexity index is 539.